The van der Waals surface area contributed by atoms with Crippen molar-refractivity contribution in [2.24, 2.45) is 11.1 Å². The van der Waals surface area contributed by atoms with Crippen molar-refractivity contribution in [1.29, 1.82) is 0 Å². The molecule has 4 nitrogen and oxygen atoms in total. The van der Waals surface area contributed by atoms with Gasteiger partial charge in [-0.1, -0.05) is 0 Å². The van der Waals surface area contributed by atoms with Gasteiger partial charge in [-0.2, -0.15) is 0 Å². The molecule has 0 bridgehead atoms. The van der Waals surface area contributed by atoms with E-state index < -0.39 is 5.97 Å². The molecule has 0 radical (unpaired) electrons. The molecule has 0 aromatic rings. The van der Waals surface area contributed by atoms with E-state index >= 15 is 0 Å². The number of aliphatic carboxylic acids is 1. The Kier molecular flexibility index (Phi) is 2.49. The predicted octanol–water partition coefficient (Wildman–Crippen LogP) is 0.274. The average molecular weight is 198 g/mol. The summed E-state index contributed by atoms with van der Waals surface area (Å²) in [4.78, 5) is 13.2. The lowest BCUT2D eigenvalue weighted by Gasteiger charge is -2.32. The largest absolute Gasteiger partial charge is 0.481 e. The maximum absolute atomic E-state index is 10.8. The first-order chi connectivity index (χ1) is 6.68. The zero-order valence-electron chi connectivity index (χ0n) is 8.41. The summed E-state index contributed by atoms with van der Waals surface area (Å²) >= 11 is 0. The Morgan fingerprint density at radius 1 is 1.57 bits per heavy atom. The fourth-order valence-electron chi connectivity index (χ4n) is 3.14. The van der Waals surface area contributed by atoms with Crippen LogP contribution in [0, 0.1) is 5.41 Å². The van der Waals surface area contributed by atoms with Gasteiger partial charge in [0, 0.05) is 18.0 Å². The van der Waals surface area contributed by atoms with E-state index in [2.05, 4.69) is 4.90 Å². The molecule has 80 valence electrons. The summed E-state index contributed by atoms with van der Waals surface area (Å²) in [5.41, 5.74) is 5.65. The average Bonchev–Trinajstić information content (AvgIpc) is 2.68. The van der Waals surface area contributed by atoms with E-state index in [0.29, 0.717) is 12.6 Å². The summed E-state index contributed by atoms with van der Waals surface area (Å²) in [6.45, 7) is 2.68. The highest BCUT2D eigenvalue weighted by atomic mass is 16.4. The molecular weight excluding hydrogens is 180 g/mol. The van der Waals surface area contributed by atoms with Gasteiger partial charge in [0.1, 0.15) is 0 Å². The van der Waals surface area contributed by atoms with Crippen molar-refractivity contribution in [3.63, 3.8) is 0 Å². The van der Waals surface area contributed by atoms with Crippen LogP contribution in [0.15, 0.2) is 0 Å². The number of nitrogens with two attached hydrogens (primary N) is 1. The van der Waals surface area contributed by atoms with Crippen LogP contribution in [0.4, 0.5) is 0 Å². The van der Waals surface area contributed by atoms with Crippen LogP contribution in [0.3, 0.4) is 0 Å². The molecule has 2 rings (SSSR count). The Labute approximate surface area is 84.1 Å². The summed E-state index contributed by atoms with van der Waals surface area (Å²) < 4.78 is 0. The minimum Gasteiger partial charge on any atom is -0.481 e. The first kappa shape index (κ1) is 9.93. The lowest BCUT2D eigenvalue weighted by atomic mass is 9.76. The summed E-state index contributed by atoms with van der Waals surface area (Å²) in [6.07, 6.45) is 3.53. The molecule has 0 saturated carbocycles. The lowest BCUT2D eigenvalue weighted by molar-refractivity contribution is -0.140. The zero-order chi connectivity index (χ0) is 10.2. The maximum Gasteiger partial charge on any atom is 0.304 e. The molecular formula is C10H18N2O2. The van der Waals surface area contributed by atoms with Crippen molar-refractivity contribution in [2.45, 2.75) is 31.7 Å². The standard InChI is InChI=1S/C10H18N2O2/c11-7-10(6-9(13)14)3-5-12-4-1-2-8(10)12/h8H,1-7,11H2,(H,13,14). The number of nitrogens with zero attached hydrogens (tertiary/aromatic N) is 1. The topological polar surface area (TPSA) is 66.6 Å². The van der Waals surface area contributed by atoms with E-state index in [9.17, 15) is 4.79 Å². The monoisotopic (exact) mass is 198 g/mol. The summed E-state index contributed by atoms with van der Waals surface area (Å²) in [5.74, 6) is -0.704. The second-order valence-electron chi connectivity index (χ2n) is 4.58. The normalized spacial score (nSPS) is 37.4. The number of fused-ring (bicyclic) bond motifs is 1. The van der Waals surface area contributed by atoms with Gasteiger partial charge in [0.15, 0.2) is 0 Å². The number of rotatable bonds is 3. The van der Waals surface area contributed by atoms with Crippen molar-refractivity contribution in [3.8, 4) is 0 Å². The van der Waals surface area contributed by atoms with Crippen LogP contribution in [0.25, 0.3) is 0 Å². The fourth-order valence-corrected chi connectivity index (χ4v) is 3.14. The van der Waals surface area contributed by atoms with Gasteiger partial charge in [0.2, 0.25) is 0 Å². The number of hydrogen-bond donors (Lipinski definition) is 2. The summed E-state index contributed by atoms with van der Waals surface area (Å²) in [5, 5.41) is 8.92. The number of carbonyl (C=O) groups is 1. The quantitative estimate of drug-likeness (QED) is 0.683. The van der Waals surface area contributed by atoms with Crippen LogP contribution in [0.1, 0.15) is 25.7 Å². The zero-order valence-corrected chi connectivity index (χ0v) is 8.41. The molecule has 3 N–H and O–H groups in total. The maximum atomic E-state index is 10.8. The Morgan fingerprint density at radius 2 is 2.36 bits per heavy atom. The molecule has 0 spiro atoms. The predicted molar refractivity (Wildman–Crippen MR) is 53.0 cm³/mol. The van der Waals surface area contributed by atoms with Crippen molar-refractivity contribution in [3.05, 3.63) is 0 Å². The van der Waals surface area contributed by atoms with Crippen molar-refractivity contribution in [2.75, 3.05) is 19.6 Å². The van der Waals surface area contributed by atoms with E-state index in [4.69, 9.17) is 10.8 Å². The van der Waals surface area contributed by atoms with Gasteiger partial charge in [-0.05, 0) is 32.4 Å². The molecule has 0 amide bonds. The van der Waals surface area contributed by atoms with E-state index in [-0.39, 0.29) is 11.8 Å². The molecule has 4 heteroatoms. The van der Waals surface area contributed by atoms with E-state index in [1.165, 1.54) is 6.42 Å². The molecule has 0 aromatic carbocycles. The Bertz CT molecular complexity index is 244. The van der Waals surface area contributed by atoms with Gasteiger partial charge in [-0.3, -0.25) is 9.69 Å². The van der Waals surface area contributed by atoms with Crippen LogP contribution >= 0.6 is 0 Å². The molecule has 2 heterocycles. The highest BCUT2D eigenvalue weighted by Gasteiger charge is 2.49. The highest BCUT2D eigenvalue weighted by molar-refractivity contribution is 5.68. The lowest BCUT2D eigenvalue weighted by Crippen LogP contribution is -2.42. The number of carboxylic acids is 1. The molecule has 2 fully saturated rings. The Hall–Kier alpha value is -0.610. The molecule has 14 heavy (non-hydrogen) atoms. The first-order valence-electron chi connectivity index (χ1n) is 5.34. The molecule has 2 aliphatic rings. The summed E-state index contributed by atoms with van der Waals surface area (Å²) in [6, 6.07) is 0.434. The van der Waals surface area contributed by atoms with Crippen LogP contribution in [-0.4, -0.2) is 41.7 Å². The molecule has 2 saturated heterocycles. The third-order valence-corrected chi connectivity index (χ3v) is 3.88. The number of hydrogen-bond acceptors (Lipinski definition) is 3. The van der Waals surface area contributed by atoms with E-state index in [1.807, 2.05) is 0 Å². The Balaban J connectivity index is 2.15. The van der Waals surface area contributed by atoms with Crippen LogP contribution in [0.5, 0.6) is 0 Å². The fraction of sp³-hybridized carbons (Fsp3) is 0.900. The van der Waals surface area contributed by atoms with Crippen LogP contribution < -0.4 is 5.73 Å². The van der Waals surface area contributed by atoms with Gasteiger partial charge in [-0.15, -0.1) is 0 Å². The smallest absolute Gasteiger partial charge is 0.304 e. The van der Waals surface area contributed by atoms with Gasteiger partial charge < -0.3 is 10.8 Å². The number of carboxylic acid groups (broad SMARTS) is 1. The van der Waals surface area contributed by atoms with Gasteiger partial charge in [-0.25, -0.2) is 0 Å². The molecule has 2 aliphatic heterocycles. The van der Waals surface area contributed by atoms with E-state index in [0.717, 1.165) is 25.9 Å². The third kappa shape index (κ3) is 1.42. The van der Waals surface area contributed by atoms with E-state index in [1.54, 1.807) is 0 Å². The SMILES string of the molecule is NCC1(CC(=O)O)CCN2CCCC21. The third-order valence-electron chi connectivity index (χ3n) is 3.88. The van der Waals surface area contributed by atoms with Gasteiger partial charge in [0.05, 0.1) is 6.42 Å². The molecule has 2 atom stereocenters. The Morgan fingerprint density at radius 3 is 3.00 bits per heavy atom. The van der Waals surface area contributed by atoms with Crippen molar-refractivity contribution >= 4 is 5.97 Å². The highest BCUT2D eigenvalue weighted by Crippen LogP contribution is 2.44. The van der Waals surface area contributed by atoms with Gasteiger partial charge >= 0.3 is 5.97 Å². The second kappa shape index (κ2) is 3.51. The molecule has 0 aliphatic carbocycles. The van der Waals surface area contributed by atoms with Gasteiger partial charge in [0.25, 0.3) is 0 Å². The van der Waals surface area contributed by atoms with Crippen molar-refractivity contribution < 1.29 is 9.90 Å². The minimum atomic E-state index is -0.704. The van der Waals surface area contributed by atoms with Crippen molar-refractivity contribution in [1.82, 2.24) is 4.90 Å². The summed E-state index contributed by atoms with van der Waals surface area (Å²) in [7, 11) is 0. The van der Waals surface area contributed by atoms with Crippen LogP contribution in [-0.2, 0) is 4.79 Å². The minimum absolute atomic E-state index is 0.137. The first-order valence-corrected chi connectivity index (χ1v) is 5.34. The second-order valence-corrected chi connectivity index (χ2v) is 4.58. The molecule has 2 unspecified atom stereocenters. The van der Waals surface area contributed by atoms with Crippen LogP contribution in [0.2, 0.25) is 0 Å². The molecule has 0 aromatic heterocycles.